The van der Waals surface area contributed by atoms with Crippen LogP contribution in [0.1, 0.15) is 71.0 Å². The number of nitrogens with zero attached hydrogens (tertiary/aromatic N) is 4. The highest BCUT2D eigenvalue weighted by Crippen LogP contribution is 2.36. The quantitative estimate of drug-likeness (QED) is 0.337. The second kappa shape index (κ2) is 11.4. The van der Waals surface area contributed by atoms with Crippen molar-refractivity contribution in [3.63, 3.8) is 0 Å². The number of benzene rings is 1. The predicted octanol–water partition coefficient (Wildman–Crippen LogP) is 5.15. The number of hydrogen-bond donors (Lipinski definition) is 2. The Balaban J connectivity index is 1.36. The second-order valence-electron chi connectivity index (χ2n) is 12.3. The van der Waals surface area contributed by atoms with E-state index in [1.165, 1.54) is 5.56 Å². The molecule has 3 aromatic heterocycles. The molecule has 1 aromatic carbocycles. The van der Waals surface area contributed by atoms with E-state index >= 15 is 0 Å². The van der Waals surface area contributed by atoms with E-state index in [0.717, 1.165) is 96.5 Å². The van der Waals surface area contributed by atoms with Crippen molar-refractivity contribution in [2.24, 2.45) is 0 Å². The van der Waals surface area contributed by atoms with Gasteiger partial charge in [-0.1, -0.05) is 0 Å². The molecule has 8 heteroatoms. The van der Waals surface area contributed by atoms with Crippen LogP contribution in [-0.2, 0) is 19.4 Å². The Morgan fingerprint density at radius 1 is 1.05 bits per heavy atom. The van der Waals surface area contributed by atoms with Crippen LogP contribution in [0.15, 0.2) is 41.5 Å². The van der Waals surface area contributed by atoms with E-state index < -0.39 is 0 Å². The number of hydrogen-bond acceptors (Lipinski definition) is 5. The van der Waals surface area contributed by atoms with Gasteiger partial charge in [0, 0.05) is 78.9 Å². The molecule has 0 bridgehead atoms. The first-order valence-electron chi connectivity index (χ1n) is 15.3. The third-order valence-electron chi connectivity index (χ3n) is 9.23. The minimum atomic E-state index is -0.168. The van der Waals surface area contributed by atoms with E-state index in [1.54, 1.807) is 0 Å². The zero-order valence-corrected chi connectivity index (χ0v) is 25.5. The van der Waals surface area contributed by atoms with Gasteiger partial charge in [-0.05, 0) is 107 Å². The van der Waals surface area contributed by atoms with Crippen molar-refractivity contribution in [1.29, 1.82) is 0 Å². The molecule has 0 unspecified atom stereocenters. The van der Waals surface area contributed by atoms with Crippen molar-refractivity contribution in [1.82, 2.24) is 24.8 Å². The molecule has 220 valence electrons. The number of aromatic amines is 1. The summed E-state index contributed by atoms with van der Waals surface area (Å²) in [4.78, 5) is 39.3. The molecule has 0 radical (unpaired) electrons. The van der Waals surface area contributed by atoms with Crippen LogP contribution in [0.3, 0.4) is 0 Å². The minimum absolute atomic E-state index is 0.0958. The van der Waals surface area contributed by atoms with Crippen molar-refractivity contribution >= 4 is 22.6 Å². The van der Waals surface area contributed by atoms with Gasteiger partial charge >= 0.3 is 0 Å². The van der Waals surface area contributed by atoms with Gasteiger partial charge in [0.05, 0.1) is 5.52 Å². The van der Waals surface area contributed by atoms with E-state index in [-0.39, 0.29) is 24.1 Å². The average Bonchev–Trinajstić information content (AvgIpc) is 3.44. The summed E-state index contributed by atoms with van der Waals surface area (Å²) in [7, 11) is 2.15. The molecule has 1 aliphatic heterocycles. The average molecular weight is 567 g/mol. The molecule has 4 aromatic rings. The molecule has 8 nitrogen and oxygen atoms in total. The Morgan fingerprint density at radius 3 is 2.48 bits per heavy atom. The molecule has 42 heavy (non-hydrogen) atoms. The first-order valence-corrected chi connectivity index (χ1v) is 15.3. The summed E-state index contributed by atoms with van der Waals surface area (Å²) in [6, 6.07) is 8.60. The number of pyridine rings is 2. The Morgan fingerprint density at radius 2 is 1.79 bits per heavy atom. The summed E-state index contributed by atoms with van der Waals surface area (Å²) in [6.07, 6.45) is 8.12. The first kappa shape index (κ1) is 28.2. The number of carbonyl (C=O) groups is 1. The number of amides is 1. The molecular weight excluding hydrogens is 524 g/mol. The molecule has 0 saturated carbocycles. The number of nitrogens with one attached hydrogen (secondary N) is 2. The molecule has 0 spiro atoms. The van der Waals surface area contributed by atoms with E-state index in [2.05, 4.69) is 70.0 Å². The van der Waals surface area contributed by atoms with Gasteiger partial charge in [-0.2, -0.15) is 0 Å². The zero-order chi connectivity index (χ0) is 29.5. The van der Waals surface area contributed by atoms with Crippen LogP contribution in [0.25, 0.3) is 22.0 Å². The normalized spacial score (nSPS) is 15.8. The Hall–Kier alpha value is -3.91. The molecule has 1 aliphatic carbocycles. The molecule has 2 aliphatic rings. The lowest BCUT2D eigenvalue weighted by Gasteiger charge is -2.33. The predicted molar refractivity (Wildman–Crippen MR) is 170 cm³/mol. The summed E-state index contributed by atoms with van der Waals surface area (Å²) < 4.78 is 2.23. The summed E-state index contributed by atoms with van der Waals surface area (Å²) in [5.41, 5.74) is 8.51. The number of anilines is 1. The maximum Gasteiger partial charge on any atom is 0.253 e. The van der Waals surface area contributed by atoms with Gasteiger partial charge in [-0.15, -0.1) is 0 Å². The molecule has 1 fully saturated rings. The molecule has 6 rings (SSSR count). The highest BCUT2D eigenvalue weighted by atomic mass is 16.1. The number of aromatic nitrogens is 3. The third kappa shape index (κ3) is 5.13. The number of aryl methyl sites for hydroxylation is 2. The molecule has 1 amide bonds. The smallest absolute Gasteiger partial charge is 0.253 e. The maximum atomic E-state index is 13.8. The van der Waals surface area contributed by atoms with Gasteiger partial charge in [-0.3, -0.25) is 9.59 Å². The van der Waals surface area contributed by atoms with Gasteiger partial charge in [0.1, 0.15) is 5.82 Å². The molecule has 0 atom stereocenters. The van der Waals surface area contributed by atoms with Crippen molar-refractivity contribution < 1.29 is 4.79 Å². The summed E-state index contributed by atoms with van der Waals surface area (Å²) in [5.74, 6) is 0.818. The second-order valence-corrected chi connectivity index (χ2v) is 12.3. The van der Waals surface area contributed by atoms with Crippen LogP contribution >= 0.6 is 0 Å². The number of piperazine rings is 1. The van der Waals surface area contributed by atoms with Gasteiger partial charge in [0.2, 0.25) is 0 Å². The molecule has 4 heterocycles. The van der Waals surface area contributed by atoms with Crippen molar-refractivity contribution in [2.75, 3.05) is 38.1 Å². The lowest BCUT2D eigenvalue weighted by Crippen LogP contribution is -2.44. The monoisotopic (exact) mass is 566 g/mol. The van der Waals surface area contributed by atoms with E-state index in [0.29, 0.717) is 11.1 Å². The molecule has 1 saturated heterocycles. The van der Waals surface area contributed by atoms with Crippen LogP contribution in [-0.4, -0.2) is 58.6 Å². The SMILES string of the molecule is Cc1[nH]c(=O)c(CNC(=O)c2cc(-c3ccc(N4CCN(C)CC4)nc3)c3ccn(C(C)C)c3c2C)c2c1CCCC2. The highest BCUT2D eigenvalue weighted by molar-refractivity contribution is 6.06. The summed E-state index contributed by atoms with van der Waals surface area (Å²) in [6.45, 7) is 12.5. The number of fused-ring (bicyclic) bond motifs is 2. The van der Waals surface area contributed by atoms with Crippen molar-refractivity contribution in [2.45, 2.75) is 66.0 Å². The van der Waals surface area contributed by atoms with Crippen LogP contribution in [0.2, 0.25) is 0 Å². The van der Waals surface area contributed by atoms with E-state index in [1.807, 2.05) is 26.1 Å². The summed E-state index contributed by atoms with van der Waals surface area (Å²) >= 11 is 0. The lowest BCUT2D eigenvalue weighted by molar-refractivity contribution is 0.0950. The van der Waals surface area contributed by atoms with E-state index in [9.17, 15) is 9.59 Å². The van der Waals surface area contributed by atoms with Gasteiger partial charge in [-0.25, -0.2) is 4.98 Å². The Labute approximate surface area is 247 Å². The fraction of sp³-hybridized carbons (Fsp3) is 0.441. The number of rotatable bonds is 6. The van der Waals surface area contributed by atoms with Crippen LogP contribution < -0.4 is 15.8 Å². The van der Waals surface area contributed by atoms with E-state index in [4.69, 9.17) is 4.98 Å². The van der Waals surface area contributed by atoms with Crippen molar-refractivity contribution in [3.8, 4) is 11.1 Å². The third-order valence-corrected chi connectivity index (χ3v) is 9.23. The van der Waals surface area contributed by atoms with Gasteiger partial charge < -0.3 is 24.7 Å². The van der Waals surface area contributed by atoms with Crippen molar-refractivity contribution in [3.05, 3.63) is 80.5 Å². The number of likely N-dealkylation sites (N-methyl/N-ethyl adjacent to an activating group) is 1. The van der Waals surface area contributed by atoms with Crippen LogP contribution in [0, 0.1) is 13.8 Å². The minimum Gasteiger partial charge on any atom is -0.354 e. The molecule has 2 N–H and O–H groups in total. The first-order chi connectivity index (χ1) is 20.2. The Kier molecular flexibility index (Phi) is 7.66. The summed E-state index contributed by atoms with van der Waals surface area (Å²) in [5, 5.41) is 4.22. The highest BCUT2D eigenvalue weighted by Gasteiger charge is 2.23. The molecular formula is C34H42N6O2. The Bertz CT molecular complexity index is 1690. The largest absolute Gasteiger partial charge is 0.354 e. The fourth-order valence-corrected chi connectivity index (χ4v) is 6.75. The maximum absolute atomic E-state index is 13.8. The van der Waals surface area contributed by atoms with Crippen LogP contribution in [0.5, 0.6) is 0 Å². The lowest BCUT2D eigenvalue weighted by atomic mass is 9.88. The number of carbonyl (C=O) groups excluding carboxylic acids is 1. The van der Waals surface area contributed by atoms with Gasteiger partial charge in [0.15, 0.2) is 0 Å². The number of H-pyrrole nitrogens is 1. The van der Waals surface area contributed by atoms with Crippen LogP contribution in [0.4, 0.5) is 5.82 Å². The fourth-order valence-electron chi connectivity index (χ4n) is 6.75. The topological polar surface area (TPSA) is 86.3 Å². The standard InChI is InChI=1S/C34H42N6O2/c1-21(2)40-13-12-27-29(24-10-11-31(35-19-24)39-16-14-38(5)15-17-39)18-28(22(3)32(27)40)33(41)36-20-30-26-9-7-6-8-25(26)23(4)37-34(30)42/h10-13,18-19,21H,6-9,14-17,20H2,1-5H3,(H,36,41)(H,37,42). The zero-order valence-electron chi connectivity index (χ0n) is 25.5. The van der Waals surface area contributed by atoms with Gasteiger partial charge in [0.25, 0.3) is 11.5 Å².